The second kappa shape index (κ2) is 8.49. The van der Waals surface area contributed by atoms with Crippen molar-refractivity contribution < 1.29 is 9.59 Å². The standard InChI is InChI=1S/C21H24N4O2/c1-3-15-9-5-6-10-16(15)24-21(27)14-25-18-12-8-7-11-17(18)23-19(25)13-22-20(26)4-2/h5-12H,3-4,13-14H2,1-2H3,(H,22,26)(H,24,27). The topological polar surface area (TPSA) is 76.0 Å². The molecular formula is C21H24N4O2. The molecule has 2 N–H and O–H groups in total. The van der Waals surface area contributed by atoms with Crippen LogP contribution in [0.15, 0.2) is 48.5 Å². The molecule has 0 saturated heterocycles. The molecule has 0 aliphatic carbocycles. The van der Waals surface area contributed by atoms with Gasteiger partial charge in [-0.15, -0.1) is 0 Å². The van der Waals surface area contributed by atoms with E-state index in [0.717, 1.165) is 28.7 Å². The number of benzene rings is 2. The van der Waals surface area contributed by atoms with E-state index < -0.39 is 0 Å². The first-order valence-corrected chi connectivity index (χ1v) is 9.21. The Morgan fingerprint density at radius 2 is 1.74 bits per heavy atom. The van der Waals surface area contributed by atoms with Crippen LogP contribution < -0.4 is 10.6 Å². The molecule has 0 bridgehead atoms. The molecule has 6 heteroatoms. The van der Waals surface area contributed by atoms with Crippen LogP contribution in [0.4, 0.5) is 5.69 Å². The summed E-state index contributed by atoms with van der Waals surface area (Å²) in [5.41, 5.74) is 3.60. The highest BCUT2D eigenvalue weighted by Crippen LogP contribution is 2.18. The van der Waals surface area contributed by atoms with Crippen molar-refractivity contribution in [2.75, 3.05) is 5.32 Å². The summed E-state index contributed by atoms with van der Waals surface area (Å²) in [5.74, 6) is 0.494. The van der Waals surface area contributed by atoms with Crippen molar-refractivity contribution in [3.63, 3.8) is 0 Å². The molecule has 0 aliphatic rings. The van der Waals surface area contributed by atoms with Crippen molar-refractivity contribution in [2.45, 2.75) is 39.8 Å². The molecule has 0 unspecified atom stereocenters. The number of carbonyl (C=O) groups is 2. The second-order valence-corrected chi connectivity index (χ2v) is 6.29. The molecule has 3 rings (SSSR count). The third-order valence-corrected chi connectivity index (χ3v) is 4.47. The molecule has 3 aromatic rings. The van der Waals surface area contributed by atoms with E-state index >= 15 is 0 Å². The van der Waals surface area contributed by atoms with Crippen LogP contribution in [0, 0.1) is 0 Å². The number of aryl methyl sites for hydroxylation is 1. The molecule has 0 saturated carbocycles. The summed E-state index contributed by atoms with van der Waals surface area (Å²) in [7, 11) is 0. The van der Waals surface area contributed by atoms with Crippen LogP contribution in [0.25, 0.3) is 11.0 Å². The first kappa shape index (κ1) is 18.6. The van der Waals surface area contributed by atoms with Crippen LogP contribution in [0.3, 0.4) is 0 Å². The average Bonchev–Trinajstić information content (AvgIpc) is 3.04. The molecule has 0 radical (unpaired) electrons. The molecular weight excluding hydrogens is 340 g/mol. The molecule has 6 nitrogen and oxygen atoms in total. The lowest BCUT2D eigenvalue weighted by Crippen LogP contribution is -2.26. The number of fused-ring (bicyclic) bond motifs is 1. The number of para-hydroxylation sites is 3. The number of carbonyl (C=O) groups excluding carboxylic acids is 2. The first-order chi connectivity index (χ1) is 13.1. The van der Waals surface area contributed by atoms with Gasteiger partial charge in [0.25, 0.3) is 0 Å². The number of hydrogen-bond acceptors (Lipinski definition) is 3. The van der Waals surface area contributed by atoms with Gasteiger partial charge in [-0.25, -0.2) is 4.98 Å². The van der Waals surface area contributed by atoms with E-state index in [1.165, 1.54) is 0 Å². The molecule has 0 atom stereocenters. The zero-order valence-corrected chi connectivity index (χ0v) is 15.7. The van der Waals surface area contributed by atoms with Gasteiger partial charge in [0.2, 0.25) is 11.8 Å². The minimum atomic E-state index is -0.123. The highest BCUT2D eigenvalue weighted by atomic mass is 16.2. The fourth-order valence-electron chi connectivity index (χ4n) is 3.02. The Labute approximate surface area is 158 Å². The maximum atomic E-state index is 12.7. The van der Waals surface area contributed by atoms with E-state index in [0.29, 0.717) is 18.8 Å². The number of amides is 2. The fraction of sp³-hybridized carbons (Fsp3) is 0.286. The molecule has 2 amide bonds. The van der Waals surface area contributed by atoms with Gasteiger partial charge in [-0.05, 0) is 30.2 Å². The average molecular weight is 364 g/mol. The molecule has 27 heavy (non-hydrogen) atoms. The molecule has 0 spiro atoms. The molecule has 2 aromatic carbocycles. The highest BCUT2D eigenvalue weighted by Gasteiger charge is 2.15. The Balaban J connectivity index is 1.84. The molecule has 140 valence electrons. The minimum absolute atomic E-state index is 0.0464. The summed E-state index contributed by atoms with van der Waals surface area (Å²) < 4.78 is 1.86. The van der Waals surface area contributed by atoms with Crippen LogP contribution in [0.5, 0.6) is 0 Å². The van der Waals surface area contributed by atoms with Crippen LogP contribution >= 0.6 is 0 Å². The van der Waals surface area contributed by atoms with Crippen LogP contribution in [-0.2, 0) is 29.1 Å². The summed E-state index contributed by atoms with van der Waals surface area (Å²) >= 11 is 0. The quantitative estimate of drug-likeness (QED) is 0.676. The number of anilines is 1. The maximum Gasteiger partial charge on any atom is 0.244 e. The number of rotatable bonds is 7. The lowest BCUT2D eigenvalue weighted by molar-refractivity contribution is -0.121. The Morgan fingerprint density at radius 1 is 1.00 bits per heavy atom. The number of imidazole rings is 1. The fourth-order valence-corrected chi connectivity index (χ4v) is 3.02. The summed E-state index contributed by atoms with van der Waals surface area (Å²) in [6.45, 7) is 4.29. The monoisotopic (exact) mass is 364 g/mol. The van der Waals surface area contributed by atoms with Crippen molar-refractivity contribution in [3.8, 4) is 0 Å². The lowest BCUT2D eigenvalue weighted by atomic mass is 10.1. The Morgan fingerprint density at radius 3 is 2.52 bits per heavy atom. The predicted octanol–water partition coefficient (Wildman–Crippen LogP) is 3.26. The summed E-state index contributed by atoms with van der Waals surface area (Å²) in [5, 5.41) is 5.83. The minimum Gasteiger partial charge on any atom is -0.349 e. The Hall–Kier alpha value is -3.15. The zero-order chi connectivity index (χ0) is 19.2. The number of aromatic nitrogens is 2. The Bertz CT molecular complexity index is 962. The van der Waals surface area contributed by atoms with Gasteiger partial charge in [-0.1, -0.05) is 44.2 Å². The van der Waals surface area contributed by atoms with E-state index in [2.05, 4.69) is 22.5 Å². The van der Waals surface area contributed by atoms with Gasteiger partial charge in [0.15, 0.2) is 0 Å². The van der Waals surface area contributed by atoms with E-state index in [9.17, 15) is 9.59 Å². The highest BCUT2D eigenvalue weighted by molar-refractivity contribution is 5.92. The first-order valence-electron chi connectivity index (χ1n) is 9.21. The molecule has 0 fully saturated rings. The summed E-state index contributed by atoms with van der Waals surface area (Å²) in [6.07, 6.45) is 1.26. The zero-order valence-electron chi connectivity index (χ0n) is 15.7. The van der Waals surface area contributed by atoms with Crippen molar-refractivity contribution in [3.05, 3.63) is 59.9 Å². The van der Waals surface area contributed by atoms with Crippen molar-refractivity contribution in [2.24, 2.45) is 0 Å². The van der Waals surface area contributed by atoms with Crippen LogP contribution in [0.2, 0.25) is 0 Å². The van der Waals surface area contributed by atoms with E-state index in [4.69, 9.17) is 0 Å². The van der Waals surface area contributed by atoms with Gasteiger partial charge in [0.1, 0.15) is 12.4 Å². The SMILES string of the molecule is CCC(=O)NCc1nc2ccccc2n1CC(=O)Nc1ccccc1CC. The molecule has 0 aliphatic heterocycles. The third kappa shape index (κ3) is 4.34. The van der Waals surface area contributed by atoms with Gasteiger partial charge in [0.05, 0.1) is 17.6 Å². The normalized spacial score (nSPS) is 10.7. The van der Waals surface area contributed by atoms with E-state index in [-0.39, 0.29) is 18.4 Å². The van der Waals surface area contributed by atoms with Crippen molar-refractivity contribution >= 4 is 28.5 Å². The second-order valence-electron chi connectivity index (χ2n) is 6.29. The van der Waals surface area contributed by atoms with Crippen molar-refractivity contribution in [1.29, 1.82) is 0 Å². The number of nitrogens with one attached hydrogen (secondary N) is 2. The van der Waals surface area contributed by atoms with Crippen LogP contribution in [-0.4, -0.2) is 21.4 Å². The van der Waals surface area contributed by atoms with Gasteiger partial charge < -0.3 is 15.2 Å². The Kier molecular flexibility index (Phi) is 5.86. The summed E-state index contributed by atoms with van der Waals surface area (Å²) in [6, 6.07) is 15.4. The van der Waals surface area contributed by atoms with E-state index in [1.54, 1.807) is 6.92 Å². The van der Waals surface area contributed by atoms with Crippen LogP contribution in [0.1, 0.15) is 31.7 Å². The number of hydrogen-bond donors (Lipinski definition) is 2. The third-order valence-electron chi connectivity index (χ3n) is 4.47. The smallest absolute Gasteiger partial charge is 0.244 e. The van der Waals surface area contributed by atoms with E-state index in [1.807, 2.05) is 53.1 Å². The maximum absolute atomic E-state index is 12.7. The van der Waals surface area contributed by atoms with Gasteiger partial charge in [0, 0.05) is 12.1 Å². The number of nitrogens with zero attached hydrogens (tertiary/aromatic N) is 2. The van der Waals surface area contributed by atoms with Gasteiger partial charge in [-0.2, -0.15) is 0 Å². The summed E-state index contributed by atoms with van der Waals surface area (Å²) in [4.78, 5) is 28.9. The largest absolute Gasteiger partial charge is 0.349 e. The molecule has 1 heterocycles. The van der Waals surface area contributed by atoms with Crippen molar-refractivity contribution in [1.82, 2.24) is 14.9 Å². The van der Waals surface area contributed by atoms with Gasteiger partial charge >= 0.3 is 0 Å². The predicted molar refractivity (Wildman–Crippen MR) is 106 cm³/mol. The molecule has 1 aromatic heterocycles. The van der Waals surface area contributed by atoms with Gasteiger partial charge in [-0.3, -0.25) is 9.59 Å². The lowest BCUT2D eigenvalue weighted by Gasteiger charge is -2.12.